The van der Waals surface area contributed by atoms with Gasteiger partial charge in [-0.2, -0.15) is 0 Å². The van der Waals surface area contributed by atoms with Crippen LogP contribution in [0.25, 0.3) is 33.6 Å². The highest BCUT2D eigenvalue weighted by molar-refractivity contribution is 9.10. The molecule has 0 unspecified atom stereocenters. The Hall–Kier alpha value is -2.85. The fourth-order valence-electron chi connectivity index (χ4n) is 2.80. The first-order chi connectivity index (χ1) is 12.7. The number of aryl methyl sites for hydroxylation is 1. The van der Waals surface area contributed by atoms with E-state index in [1.54, 1.807) is 0 Å². The van der Waals surface area contributed by atoms with Crippen LogP contribution in [0.3, 0.4) is 0 Å². The molecule has 0 spiro atoms. The van der Waals surface area contributed by atoms with Gasteiger partial charge in [0.2, 0.25) is 0 Å². The first kappa shape index (κ1) is 16.6. The summed E-state index contributed by atoms with van der Waals surface area (Å²) in [5, 5.41) is 0. The first-order valence-electron chi connectivity index (χ1n) is 8.31. The van der Waals surface area contributed by atoms with Crippen molar-refractivity contribution in [1.82, 2.24) is 15.0 Å². The number of nitrogens with zero attached hydrogens (tertiary/aromatic N) is 3. The van der Waals surface area contributed by atoms with Crippen molar-refractivity contribution >= 4 is 15.9 Å². The van der Waals surface area contributed by atoms with E-state index >= 15 is 0 Å². The number of hydrogen-bond donors (Lipinski definition) is 0. The highest BCUT2D eigenvalue weighted by atomic mass is 79.9. The van der Waals surface area contributed by atoms with Gasteiger partial charge in [0, 0.05) is 29.2 Å². The molecule has 0 bridgehead atoms. The molecule has 0 aliphatic carbocycles. The van der Waals surface area contributed by atoms with E-state index in [1.807, 2.05) is 49.6 Å². The summed E-state index contributed by atoms with van der Waals surface area (Å²) >= 11 is 3.36. The predicted octanol–water partition coefficient (Wildman–Crippen LogP) is 5.94. The van der Waals surface area contributed by atoms with Crippen molar-refractivity contribution in [2.45, 2.75) is 6.92 Å². The monoisotopic (exact) mass is 401 g/mol. The van der Waals surface area contributed by atoms with Gasteiger partial charge >= 0.3 is 0 Å². The average molecular weight is 402 g/mol. The zero-order valence-electron chi connectivity index (χ0n) is 14.2. The van der Waals surface area contributed by atoms with Crippen molar-refractivity contribution in [2.24, 2.45) is 0 Å². The largest absolute Gasteiger partial charge is 0.254 e. The van der Waals surface area contributed by atoms with Crippen molar-refractivity contribution in [3.63, 3.8) is 0 Å². The molecule has 3 aromatic heterocycles. The smallest absolute Gasteiger partial charge is 0.106 e. The van der Waals surface area contributed by atoms with E-state index in [2.05, 4.69) is 67.3 Å². The van der Waals surface area contributed by atoms with Gasteiger partial charge in [-0.3, -0.25) is 9.97 Å². The third-order valence-electron chi connectivity index (χ3n) is 4.19. The summed E-state index contributed by atoms with van der Waals surface area (Å²) in [6, 6.07) is 22.5. The Balaban J connectivity index is 1.59. The van der Waals surface area contributed by atoms with Gasteiger partial charge in [0.15, 0.2) is 0 Å². The molecule has 0 saturated carbocycles. The number of aromatic nitrogens is 3. The van der Waals surface area contributed by atoms with Gasteiger partial charge in [0.1, 0.15) is 4.60 Å². The van der Waals surface area contributed by atoms with Crippen molar-refractivity contribution < 1.29 is 0 Å². The van der Waals surface area contributed by atoms with E-state index < -0.39 is 0 Å². The number of halogens is 1. The van der Waals surface area contributed by atoms with Crippen LogP contribution in [-0.2, 0) is 0 Å². The summed E-state index contributed by atoms with van der Waals surface area (Å²) in [5.74, 6) is 0. The Morgan fingerprint density at radius 2 is 1.23 bits per heavy atom. The third kappa shape index (κ3) is 3.55. The van der Waals surface area contributed by atoms with Gasteiger partial charge in [-0.05, 0) is 58.2 Å². The number of pyridine rings is 3. The van der Waals surface area contributed by atoms with Gasteiger partial charge in [0.05, 0.1) is 11.4 Å². The minimum atomic E-state index is 0.840. The normalized spacial score (nSPS) is 10.7. The van der Waals surface area contributed by atoms with E-state index in [1.165, 1.54) is 0 Å². The summed E-state index contributed by atoms with van der Waals surface area (Å²) in [5.41, 5.74) is 7.23. The van der Waals surface area contributed by atoms with Crippen molar-refractivity contribution in [3.05, 3.63) is 89.4 Å². The van der Waals surface area contributed by atoms with E-state index in [0.717, 1.165) is 43.9 Å². The zero-order chi connectivity index (χ0) is 17.9. The Morgan fingerprint density at radius 3 is 1.77 bits per heavy atom. The maximum Gasteiger partial charge on any atom is 0.106 e. The Bertz CT molecular complexity index is 1020. The molecule has 1 aromatic carbocycles. The first-order valence-corrected chi connectivity index (χ1v) is 9.11. The summed E-state index contributed by atoms with van der Waals surface area (Å²) in [7, 11) is 0. The van der Waals surface area contributed by atoms with Crippen LogP contribution in [0.15, 0.2) is 83.7 Å². The molecule has 0 amide bonds. The molecule has 126 valence electrons. The minimum absolute atomic E-state index is 0.840. The lowest BCUT2D eigenvalue weighted by atomic mass is 10.0. The van der Waals surface area contributed by atoms with E-state index in [9.17, 15) is 0 Å². The molecular weight excluding hydrogens is 386 g/mol. The van der Waals surface area contributed by atoms with Gasteiger partial charge < -0.3 is 0 Å². The quantitative estimate of drug-likeness (QED) is 0.398. The molecule has 0 radical (unpaired) electrons. The topological polar surface area (TPSA) is 38.7 Å². The van der Waals surface area contributed by atoms with Crippen molar-refractivity contribution in [2.75, 3.05) is 0 Å². The Kier molecular flexibility index (Phi) is 4.59. The standard InChI is InChI=1S/C22H16BrN3/c1-15-3-2-4-21(26-15)20-11-9-18(13-24-20)16-5-7-17(8-6-16)19-10-12-22(23)25-14-19/h2-14H,1H3. The summed E-state index contributed by atoms with van der Waals surface area (Å²) in [4.78, 5) is 13.4. The molecule has 26 heavy (non-hydrogen) atoms. The van der Waals surface area contributed by atoms with Crippen LogP contribution < -0.4 is 0 Å². The molecular formula is C22H16BrN3. The lowest BCUT2D eigenvalue weighted by Gasteiger charge is -2.06. The van der Waals surface area contributed by atoms with Gasteiger partial charge in [-0.25, -0.2) is 4.98 Å². The SMILES string of the molecule is Cc1cccc(-c2ccc(-c3ccc(-c4ccc(Br)nc4)cc3)cn2)n1. The van der Waals surface area contributed by atoms with Crippen LogP contribution >= 0.6 is 15.9 Å². The van der Waals surface area contributed by atoms with Gasteiger partial charge in [0.25, 0.3) is 0 Å². The maximum atomic E-state index is 4.58. The zero-order valence-corrected chi connectivity index (χ0v) is 15.8. The molecule has 0 saturated heterocycles. The Labute approximate surface area is 160 Å². The van der Waals surface area contributed by atoms with Crippen LogP contribution in [0.1, 0.15) is 5.69 Å². The lowest BCUT2D eigenvalue weighted by molar-refractivity contribution is 1.18. The number of benzene rings is 1. The lowest BCUT2D eigenvalue weighted by Crippen LogP contribution is -1.89. The van der Waals surface area contributed by atoms with Crippen LogP contribution in [-0.4, -0.2) is 15.0 Å². The van der Waals surface area contributed by atoms with Crippen LogP contribution in [0, 0.1) is 6.92 Å². The molecule has 0 atom stereocenters. The van der Waals surface area contributed by atoms with Gasteiger partial charge in [-0.1, -0.05) is 42.5 Å². The predicted molar refractivity (Wildman–Crippen MR) is 109 cm³/mol. The maximum absolute atomic E-state index is 4.58. The highest BCUT2D eigenvalue weighted by Gasteiger charge is 2.04. The summed E-state index contributed by atoms with van der Waals surface area (Å²) in [6.07, 6.45) is 3.76. The molecule has 0 aliphatic rings. The fraction of sp³-hybridized carbons (Fsp3) is 0.0455. The Morgan fingerprint density at radius 1 is 0.615 bits per heavy atom. The molecule has 3 heterocycles. The van der Waals surface area contributed by atoms with Crippen LogP contribution in [0.5, 0.6) is 0 Å². The fourth-order valence-corrected chi connectivity index (χ4v) is 3.04. The molecule has 0 fully saturated rings. The minimum Gasteiger partial charge on any atom is -0.254 e. The van der Waals surface area contributed by atoms with Gasteiger partial charge in [-0.15, -0.1) is 0 Å². The molecule has 0 aliphatic heterocycles. The number of hydrogen-bond acceptors (Lipinski definition) is 3. The van der Waals surface area contributed by atoms with Crippen molar-refractivity contribution in [1.29, 1.82) is 0 Å². The molecule has 0 N–H and O–H groups in total. The average Bonchev–Trinajstić information content (AvgIpc) is 2.69. The van der Waals surface area contributed by atoms with E-state index in [4.69, 9.17) is 0 Å². The molecule has 4 aromatic rings. The number of rotatable bonds is 3. The van der Waals surface area contributed by atoms with E-state index in [0.29, 0.717) is 0 Å². The second-order valence-corrected chi connectivity index (χ2v) is 6.86. The van der Waals surface area contributed by atoms with E-state index in [-0.39, 0.29) is 0 Å². The molecule has 4 rings (SSSR count). The molecule has 3 nitrogen and oxygen atoms in total. The molecule has 4 heteroatoms. The van der Waals surface area contributed by atoms with Crippen molar-refractivity contribution in [3.8, 4) is 33.6 Å². The van der Waals surface area contributed by atoms with Crippen LogP contribution in [0.4, 0.5) is 0 Å². The second-order valence-electron chi connectivity index (χ2n) is 6.04. The van der Waals surface area contributed by atoms with Crippen LogP contribution in [0.2, 0.25) is 0 Å². The third-order valence-corrected chi connectivity index (χ3v) is 4.66. The summed E-state index contributed by atoms with van der Waals surface area (Å²) in [6.45, 7) is 1.99. The highest BCUT2D eigenvalue weighted by Crippen LogP contribution is 2.26. The second kappa shape index (κ2) is 7.18. The summed E-state index contributed by atoms with van der Waals surface area (Å²) < 4.78 is 0.840.